The number of hydrogen-bond acceptors (Lipinski definition) is 7. The second-order valence-corrected chi connectivity index (χ2v) is 6.45. The maximum Gasteiger partial charge on any atom is 0.229 e. The average Bonchev–Trinajstić information content (AvgIpc) is 2.73. The van der Waals surface area contributed by atoms with Crippen LogP contribution in [0.5, 0.6) is 5.75 Å². The predicted molar refractivity (Wildman–Crippen MR) is 101 cm³/mol. The number of allylic oxidation sites excluding steroid dienone is 1. The molecule has 1 aliphatic heterocycles. The largest absolute Gasteiger partial charge is 0.462 e. The standard InChI is InChI=1S/C21H22O7/c22-12-17-18(24)19(25)20(26)21(28-17)27-15-9-7-14(8-10-15)16(23)11-6-13-4-2-1-3-5-13/h1-11,17-22,24-26H,12H2. The molecule has 2 aromatic carbocycles. The third kappa shape index (κ3) is 4.64. The molecule has 148 valence electrons. The second-order valence-electron chi connectivity index (χ2n) is 6.45. The number of ketones is 1. The first-order valence-corrected chi connectivity index (χ1v) is 8.84. The minimum atomic E-state index is -1.51. The van der Waals surface area contributed by atoms with Gasteiger partial charge in [0.05, 0.1) is 6.61 Å². The number of carbonyl (C=O) groups is 1. The van der Waals surface area contributed by atoms with Crippen LogP contribution >= 0.6 is 0 Å². The van der Waals surface area contributed by atoms with Gasteiger partial charge in [-0.05, 0) is 35.9 Å². The van der Waals surface area contributed by atoms with Gasteiger partial charge in [0.2, 0.25) is 6.29 Å². The van der Waals surface area contributed by atoms with Gasteiger partial charge in [-0.15, -0.1) is 0 Å². The van der Waals surface area contributed by atoms with Crippen molar-refractivity contribution in [1.82, 2.24) is 0 Å². The van der Waals surface area contributed by atoms with Crippen LogP contribution in [0.3, 0.4) is 0 Å². The number of aliphatic hydroxyl groups is 4. The minimum absolute atomic E-state index is 0.178. The second kappa shape index (κ2) is 9.09. The zero-order chi connectivity index (χ0) is 20.1. The Hall–Kier alpha value is -2.55. The first kappa shape index (κ1) is 20.2. The summed E-state index contributed by atoms with van der Waals surface area (Å²) in [5.41, 5.74) is 1.37. The van der Waals surface area contributed by atoms with E-state index in [-0.39, 0.29) is 5.78 Å². The van der Waals surface area contributed by atoms with Crippen LogP contribution < -0.4 is 4.74 Å². The van der Waals surface area contributed by atoms with Crippen molar-refractivity contribution in [3.63, 3.8) is 0 Å². The molecule has 1 aliphatic rings. The molecule has 0 aliphatic carbocycles. The Morgan fingerprint density at radius 3 is 2.29 bits per heavy atom. The smallest absolute Gasteiger partial charge is 0.229 e. The molecular weight excluding hydrogens is 364 g/mol. The van der Waals surface area contributed by atoms with E-state index >= 15 is 0 Å². The van der Waals surface area contributed by atoms with Crippen molar-refractivity contribution in [3.8, 4) is 5.75 Å². The molecule has 28 heavy (non-hydrogen) atoms. The normalized spacial score (nSPS) is 27.6. The average molecular weight is 386 g/mol. The van der Waals surface area contributed by atoms with Crippen molar-refractivity contribution < 1.29 is 34.7 Å². The highest BCUT2D eigenvalue weighted by Gasteiger charge is 2.44. The fourth-order valence-corrected chi connectivity index (χ4v) is 2.83. The van der Waals surface area contributed by atoms with Crippen LogP contribution in [0.1, 0.15) is 15.9 Å². The van der Waals surface area contributed by atoms with Crippen molar-refractivity contribution in [2.45, 2.75) is 30.7 Å². The summed E-state index contributed by atoms with van der Waals surface area (Å²) in [5, 5.41) is 38.8. The highest BCUT2D eigenvalue weighted by Crippen LogP contribution is 2.24. The summed E-state index contributed by atoms with van der Waals surface area (Å²) in [6.45, 7) is -0.536. The van der Waals surface area contributed by atoms with Crippen LogP contribution in [-0.4, -0.2) is 63.5 Å². The number of aliphatic hydroxyl groups excluding tert-OH is 4. The molecule has 1 heterocycles. The van der Waals surface area contributed by atoms with Crippen molar-refractivity contribution in [3.05, 3.63) is 71.8 Å². The zero-order valence-corrected chi connectivity index (χ0v) is 15.0. The Balaban J connectivity index is 1.64. The first-order chi connectivity index (χ1) is 13.5. The molecule has 0 saturated carbocycles. The quantitative estimate of drug-likeness (QED) is 0.428. The van der Waals surface area contributed by atoms with E-state index in [1.54, 1.807) is 18.2 Å². The SMILES string of the molecule is O=C(C=Cc1ccccc1)c1ccc(OC2OC(CO)C(O)C(O)C2O)cc1. The molecule has 0 spiro atoms. The summed E-state index contributed by atoms with van der Waals surface area (Å²) >= 11 is 0. The first-order valence-electron chi connectivity index (χ1n) is 8.84. The number of carbonyl (C=O) groups excluding carboxylic acids is 1. The number of benzene rings is 2. The van der Waals surface area contributed by atoms with E-state index in [1.165, 1.54) is 18.2 Å². The van der Waals surface area contributed by atoms with Crippen LogP contribution in [0, 0.1) is 0 Å². The van der Waals surface area contributed by atoms with Crippen molar-refractivity contribution in [2.24, 2.45) is 0 Å². The third-order valence-corrected chi connectivity index (χ3v) is 4.47. The molecule has 4 N–H and O–H groups in total. The summed E-state index contributed by atoms with van der Waals surface area (Å²) < 4.78 is 10.8. The minimum Gasteiger partial charge on any atom is -0.462 e. The summed E-state index contributed by atoms with van der Waals surface area (Å²) in [6, 6.07) is 15.6. The maximum atomic E-state index is 12.3. The van der Waals surface area contributed by atoms with Crippen molar-refractivity contribution >= 4 is 11.9 Å². The van der Waals surface area contributed by atoms with Gasteiger partial charge < -0.3 is 29.9 Å². The molecule has 5 unspecified atom stereocenters. The Bertz CT molecular complexity index is 801. The Labute approximate surface area is 162 Å². The lowest BCUT2D eigenvalue weighted by molar-refractivity contribution is -0.277. The summed E-state index contributed by atoms with van der Waals surface area (Å²) in [4.78, 5) is 12.3. The van der Waals surface area contributed by atoms with E-state index in [4.69, 9.17) is 9.47 Å². The molecular formula is C21H22O7. The fraction of sp³-hybridized carbons (Fsp3) is 0.286. The van der Waals surface area contributed by atoms with Gasteiger partial charge >= 0.3 is 0 Å². The monoisotopic (exact) mass is 386 g/mol. The Kier molecular flexibility index (Phi) is 6.56. The summed E-state index contributed by atoms with van der Waals surface area (Å²) in [6.07, 6.45) is -3.57. The van der Waals surface area contributed by atoms with Gasteiger partial charge in [0.15, 0.2) is 5.78 Å². The van der Waals surface area contributed by atoms with Crippen LogP contribution in [-0.2, 0) is 4.74 Å². The predicted octanol–water partition coefficient (Wildman–Crippen LogP) is 0.761. The van der Waals surface area contributed by atoms with Gasteiger partial charge in [0.25, 0.3) is 0 Å². The van der Waals surface area contributed by atoms with E-state index < -0.39 is 37.3 Å². The molecule has 0 amide bonds. The Morgan fingerprint density at radius 1 is 0.964 bits per heavy atom. The third-order valence-electron chi connectivity index (χ3n) is 4.47. The lowest BCUT2D eigenvalue weighted by Gasteiger charge is -2.39. The number of ether oxygens (including phenoxy) is 2. The molecule has 3 rings (SSSR count). The topological polar surface area (TPSA) is 116 Å². The summed E-state index contributed by atoms with van der Waals surface area (Å²) in [7, 11) is 0. The Morgan fingerprint density at radius 2 is 1.64 bits per heavy atom. The van der Waals surface area contributed by atoms with Gasteiger partial charge in [-0.3, -0.25) is 4.79 Å². The molecule has 0 bridgehead atoms. The molecule has 0 aromatic heterocycles. The fourth-order valence-electron chi connectivity index (χ4n) is 2.83. The van der Waals surface area contributed by atoms with Crippen LogP contribution in [0.15, 0.2) is 60.7 Å². The van der Waals surface area contributed by atoms with E-state index in [1.807, 2.05) is 30.3 Å². The van der Waals surface area contributed by atoms with Crippen LogP contribution in [0.2, 0.25) is 0 Å². The van der Waals surface area contributed by atoms with Crippen LogP contribution in [0.4, 0.5) is 0 Å². The maximum absolute atomic E-state index is 12.3. The molecule has 1 fully saturated rings. The molecule has 0 radical (unpaired) electrons. The van der Waals surface area contributed by atoms with Gasteiger partial charge in [-0.25, -0.2) is 0 Å². The lowest BCUT2D eigenvalue weighted by atomic mass is 9.99. The van der Waals surface area contributed by atoms with E-state index in [0.29, 0.717) is 11.3 Å². The van der Waals surface area contributed by atoms with E-state index in [0.717, 1.165) is 5.56 Å². The molecule has 5 atom stereocenters. The van der Waals surface area contributed by atoms with E-state index in [9.17, 15) is 25.2 Å². The van der Waals surface area contributed by atoms with E-state index in [2.05, 4.69) is 0 Å². The zero-order valence-electron chi connectivity index (χ0n) is 15.0. The van der Waals surface area contributed by atoms with Gasteiger partial charge in [0, 0.05) is 5.56 Å². The van der Waals surface area contributed by atoms with Gasteiger partial charge in [0.1, 0.15) is 30.2 Å². The highest BCUT2D eigenvalue weighted by molar-refractivity contribution is 6.06. The van der Waals surface area contributed by atoms with Gasteiger partial charge in [-0.2, -0.15) is 0 Å². The molecule has 7 nitrogen and oxygen atoms in total. The van der Waals surface area contributed by atoms with Crippen molar-refractivity contribution in [2.75, 3.05) is 6.61 Å². The molecule has 2 aromatic rings. The lowest BCUT2D eigenvalue weighted by Crippen LogP contribution is -2.60. The summed E-state index contributed by atoms with van der Waals surface area (Å²) in [5.74, 6) is 0.121. The molecule has 1 saturated heterocycles. The highest BCUT2D eigenvalue weighted by atomic mass is 16.7. The van der Waals surface area contributed by atoms with Gasteiger partial charge in [-0.1, -0.05) is 36.4 Å². The number of rotatable bonds is 6. The van der Waals surface area contributed by atoms with Crippen molar-refractivity contribution in [1.29, 1.82) is 0 Å². The van der Waals surface area contributed by atoms with Crippen LogP contribution in [0.25, 0.3) is 6.08 Å². The number of hydrogen-bond donors (Lipinski definition) is 4. The molecule has 7 heteroatoms.